The summed E-state index contributed by atoms with van der Waals surface area (Å²) in [5, 5.41) is 17.1. The Bertz CT molecular complexity index is 1200. The molecule has 1 amide bonds. The van der Waals surface area contributed by atoms with E-state index in [1.54, 1.807) is 76.4 Å². The number of methoxy groups -OCH3 is 1. The van der Waals surface area contributed by atoms with Crippen LogP contribution in [-0.2, 0) is 14.3 Å². The highest BCUT2D eigenvalue weighted by molar-refractivity contribution is 8.03. The highest BCUT2D eigenvalue weighted by atomic mass is 35.5. The summed E-state index contributed by atoms with van der Waals surface area (Å²) in [5.41, 5.74) is 2.60. The highest BCUT2D eigenvalue weighted by Gasteiger charge is 2.36. The van der Waals surface area contributed by atoms with Crippen molar-refractivity contribution in [2.75, 3.05) is 18.2 Å². The zero-order chi connectivity index (χ0) is 25.5. The number of amides is 1. The van der Waals surface area contributed by atoms with E-state index in [9.17, 15) is 14.9 Å². The second kappa shape index (κ2) is 11.8. The van der Waals surface area contributed by atoms with Gasteiger partial charge in [0, 0.05) is 16.4 Å². The minimum absolute atomic E-state index is 0.0614. The van der Waals surface area contributed by atoms with Crippen LogP contribution in [0.15, 0.2) is 70.4 Å². The molecule has 3 rings (SSSR count). The lowest BCUT2D eigenvalue weighted by Crippen LogP contribution is -2.30. The van der Waals surface area contributed by atoms with E-state index in [4.69, 9.17) is 21.1 Å². The number of benzene rings is 2. The number of carbonyl (C=O) groups excluding carboxylic acids is 2. The molecule has 2 aromatic carbocycles. The van der Waals surface area contributed by atoms with Crippen LogP contribution in [0.2, 0.25) is 5.02 Å². The minimum Gasteiger partial charge on any atom is -0.497 e. The monoisotopic (exact) mass is 511 g/mol. The zero-order valence-electron chi connectivity index (χ0n) is 19.8. The van der Waals surface area contributed by atoms with Crippen molar-refractivity contribution in [3.63, 3.8) is 0 Å². The van der Waals surface area contributed by atoms with Crippen molar-refractivity contribution in [1.82, 2.24) is 5.32 Å². The summed E-state index contributed by atoms with van der Waals surface area (Å²) in [6.07, 6.45) is -0.319. The molecule has 0 saturated heterocycles. The third-order valence-electron chi connectivity index (χ3n) is 5.13. The maximum atomic E-state index is 13.0. The number of halogens is 1. The Morgan fingerprint density at radius 1 is 1.17 bits per heavy atom. The second-order valence-corrected chi connectivity index (χ2v) is 9.44. The molecule has 182 valence electrons. The molecule has 0 radical (unpaired) electrons. The lowest BCUT2D eigenvalue weighted by Gasteiger charge is -2.29. The Balaban J connectivity index is 1.87. The predicted molar refractivity (Wildman–Crippen MR) is 138 cm³/mol. The van der Waals surface area contributed by atoms with Crippen LogP contribution < -0.4 is 15.4 Å². The van der Waals surface area contributed by atoms with Crippen LogP contribution in [-0.4, -0.2) is 30.8 Å². The number of hydrogen-bond donors (Lipinski definition) is 2. The molecule has 0 aromatic heterocycles. The first-order valence-electron chi connectivity index (χ1n) is 10.9. The number of nitriles is 1. The first kappa shape index (κ1) is 26.2. The fourth-order valence-electron chi connectivity index (χ4n) is 3.57. The number of rotatable bonds is 8. The molecule has 1 unspecified atom stereocenters. The first-order valence-corrected chi connectivity index (χ1v) is 12.2. The SMILES string of the molecule is COc1ccc(NC(=O)CSC2=C(C#N)C(c3ccc(Cl)cc3)C(C(=O)OC(C)C)=C(C)N2)cc1. The summed E-state index contributed by atoms with van der Waals surface area (Å²) in [7, 11) is 1.57. The van der Waals surface area contributed by atoms with Gasteiger partial charge in [0.25, 0.3) is 0 Å². The van der Waals surface area contributed by atoms with Gasteiger partial charge in [-0.2, -0.15) is 5.26 Å². The van der Waals surface area contributed by atoms with Gasteiger partial charge in [-0.05, 0) is 62.7 Å². The van der Waals surface area contributed by atoms with E-state index < -0.39 is 11.9 Å². The van der Waals surface area contributed by atoms with Gasteiger partial charge in [0.15, 0.2) is 0 Å². The fourth-order valence-corrected chi connectivity index (χ4v) is 4.59. The Morgan fingerprint density at radius 3 is 2.40 bits per heavy atom. The van der Waals surface area contributed by atoms with Crippen LogP contribution in [0.4, 0.5) is 5.69 Å². The van der Waals surface area contributed by atoms with Gasteiger partial charge < -0.3 is 20.1 Å². The molecule has 0 fully saturated rings. The van der Waals surface area contributed by atoms with Gasteiger partial charge in [0.05, 0.1) is 47.1 Å². The molecule has 0 saturated carbocycles. The Kier molecular flexibility index (Phi) is 8.85. The van der Waals surface area contributed by atoms with Crippen molar-refractivity contribution in [2.24, 2.45) is 0 Å². The summed E-state index contributed by atoms with van der Waals surface area (Å²) < 4.78 is 10.6. The van der Waals surface area contributed by atoms with Crippen molar-refractivity contribution in [1.29, 1.82) is 5.26 Å². The minimum atomic E-state index is -0.656. The summed E-state index contributed by atoms with van der Waals surface area (Å²) in [6, 6.07) is 16.2. The number of allylic oxidation sites excluding steroid dienone is 2. The lowest BCUT2D eigenvalue weighted by molar-refractivity contribution is -0.143. The average molecular weight is 512 g/mol. The van der Waals surface area contributed by atoms with Crippen LogP contribution in [0.5, 0.6) is 5.75 Å². The number of thioether (sulfide) groups is 1. The molecule has 1 atom stereocenters. The number of esters is 1. The predicted octanol–water partition coefficient (Wildman–Crippen LogP) is 5.37. The number of ether oxygens (including phenoxy) is 2. The van der Waals surface area contributed by atoms with Crippen molar-refractivity contribution in [3.8, 4) is 11.8 Å². The molecule has 0 spiro atoms. The van der Waals surface area contributed by atoms with Gasteiger partial charge in [-0.15, -0.1) is 0 Å². The maximum absolute atomic E-state index is 13.0. The molecule has 2 N–H and O–H groups in total. The van der Waals surface area contributed by atoms with Crippen molar-refractivity contribution < 1.29 is 19.1 Å². The third-order valence-corrected chi connectivity index (χ3v) is 6.40. The summed E-state index contributed by atoms with van der Waals surface area (Å²) in [4.78, 5) is 25.6. The number of carbonyl (C=O) groups is 2. The lowest BCUT2D eigenvalue weighted by atomic mass is 9.82. The molecule has 1 aliphatic heterocycles. The molecule has 7 nitrogen and oxygen atoms in total. The number of dihydropyridines is 1. The molecule has 0 bridgehead atoms. The topological polar surface area (TPSA) is 100 Å². The van der Waals surface area contributed by atoms with Gasteiger partial charge in [-0.3, -0.25) is 4.79 Å². The largest absolute Gasteiger partial charge is 0.497 e. The molecular weight excluding hydrogens is 486 g/mol. The van der Waals surface area contributed by atoms with Gasteiger partial charge in [0.2, 0.25) is 5.91 Å². The van der Waals surface area contributed by atoms with Crippen molar-refractivity contribution in [2.45, 2.75) is 32.8 Å². The summed E-state index contributed by atoms with van der Waals surface area (Å²) >= 11 is 7.26. The highest BCUT2D eigenvalue weighted by Crippen LogP contribution is 2.41. The Morgan fingerprint density at radius 2 is 1.83 bits per heavy atom. The van der Waals surface area contributed by atoms with Gasteiger partial charge in [-0.1, -0.05) is 35.5 Å². The Labute approximate surface area is 214 Å². The van der Waals surface area contributed by atoms with Crippen LogP contribution in [0.25, 0.3) is 0 Å². The molecule has 9 heteroatoms. The van der Waals surface area contributed by atoms with E-state index in [0.717, 1.165) is 5.56 Å². The van der Waals surface area contributed by atoms with Crippen molar-refractivity contribution >= 4 is 40.9 Å². The van der Waals surface area contributed by atoms with Crippen LogP contribution in [0.3, 0.4) is 0 Å². The van der Waals surface area contributed by atoms with Crippen LogP contribution >= 0.6 is 23.4 Å². The second-order valence-electron chi connectivity index (χ2n) is 8.02. The van der Waals surface area contributed by atoms with Crippen molar-refractivity contribution in [3.05, 3.63) is 81.0 Å². The van der Waals surface area contributed by atoms with Gasteiger partial charge >= 0.3 is 5.97 Å². The summed E-state index contributed by atoms with van der Waals surface area (Å²) in [5.74, 6) is -0.640. The van der Waals surface area contributed by atoms with E-state index >= 15 is 0 Å². The molecule has 2 aromatic rings. The first-order chi connectivity index (χ1) is 16.7. The molecule has 1 heterocycles. The molecule has 0 aliphatic carbocycles. The third kappa shape index (κ3) is 6.59. The number of hydrogen-bond acceptors (Lipinski definition) is 7. The zero-order valence-corrected chi connectivity index (χ0v) is 21.4. The van der Waals surface area contributed by atoms with E-state index in [-0.39, 0.29) is 17.8 Å². The molecule has 35 heavy (non-hydrogen) atoms. The summed E-state index contributed by atoms with van der Waals surface area (Å²) in [6.45, 7) is 5.29. The van der Waals surface area contributed by atoms with Crippen LogP contribution in [0.1, 0.15) is 32.3 Å². The number of nitrogens with one attached hydrogen (secondary N) is 2. The van der Waals surface area contributed by atoms with Crippen LogP contribution in [0, 0.1) is 11.3 Å². The normalized spacial score (nSPS) is 15.4. The molecular formula is C26H26ClN3O4S. The fraction of sp³-hybridized carbons (Fsp3) is 0.269. The Hall–Kier alpha value is -3.41. The van der Waals surface area contributed by atoms with E-state index in [0.29, 0.717) is 38.3 Å². The van der Waals surface area contributed by atoms with E-state index in [1.165, 1.54) is 11.8 Å². The number of nitrogens with zero attached hydrogens (tertiary/aromatic N) is 1. The van der Waals surface area contributed by atoms with Gasteiger partial charge in [0.1, 0.15) is 5.75 Å². The van der Waals surface area contributed by atoms with Gasteiger partial charge in [-0.25, -0.2) is 4.79 Å². The van der Waals surface area contributed by atoms with E-state index in [1.807, 2.05) is 0 Å². The maximum Gasteiger partial charge on any atom is 0.337 e. The average Bonchev–Trinajstić information content (AvgIpc) is 2.82. The smallest absolute Gasteiger partial charge is 0.337 e. The standard InChI is InChI=1S/C26H26ClN3O4S/c1-15(2)34-26(32)23-16(3)29-25(21(13-28)24(23)17-5-7-18(27)8-6-17)35-14-22(31)30-19-9-11-20(33-4)12-10-19/h5-12,15,24,29H,14H2,1-4H3,(H,30,31). The quantitative estimate of drug-likeness (QED) is 0.459. The number of anilines is 1. The molecule has 1 aliphatic rings. The van der Waals surface area contributed by atoms with E-state index in [2.05, 4.69) is 16.7 Å².